The van der Waals surface area contributed by atoms with Gasteiger partial charge in [-0.2, -0.15) is 11.8 Å². The number of nitrogens with zero attached hydrogens (tertiary/aromatic N) is 1. The number of nitrogens with one attached hydrogen (secondary N) is 2. The normalized spacial score (nSPS) is 12.2. The SMILES string of the molecule is CSC[C@H](C)NC(=O)NCc1sc(C)nc1C. The zero-order valence-corrected chi connectivity index (χ0v) is 12.3. The van der Waals surface area contributed by atoms with Gasteiger partial charge < -0.3 is 10.6 Å². The second-order valence-corrected chi connectivity index (χ2v) is 6.12. The lowest BCUT2D eigenvalue weighted by Crippen LogP contribution is -2.41. The van der Waals surface area contributed by atoms with Crippen LogP contribution in [0.15, 0.2) is 0 Å². The fraction of sp³-hybridized carbons (Fsp3) is 0.636. The first-order chi connectivity index (χ1) is 8.02. The molecule has 1 aromatic heterocycles. The van der Waals surface area contributed by atoms with E-state index in [2.05, 4.69) is 15.6 Å². The lowest BCUT2D eigenvalue weighted by atomic mass is 10.4. The second-order valence-electron chi connectivity index (χ2n) is 3.92. The lowest BCUT2D eigenvalue weighted by Gasteiger charge is -2.13. The van der Waals surface area contributed by atoms with Crippen LogP contribution in [-0.4, -0.2) is 29.1 Å². The second kappa shape index (κ2) is 6.86. The summed E-state index contributed by atoms with van der Waals surface area (Å²) >= 11 is 3.35. The van der Waals surface area contributed by atoms with Gasteiger partial charge in [-0.05, 0) is 27.0 Å². The molecular formula is C11H19N3OS2. The molecule has 0 fully saturated rings. The molecule has 0 unspecified atom stereocenters. The molecule has 0 bridgehead atoms. The molecule has 0 aliphatic carbocycles. The average Bonchev–Trinajstić information content (AvgIpc) is 2.54. The Balaban J connectivity index is 2.35. The molecule has 1 rings (SSSR count). The number of thiazole rings is 1. The summed E-state index contributed by atoms with van der Waals surface area (Å²) in [4.78, 5) is 17.0. The van der Waals surface area contributed by atoms with Crippen molar-refractivity contribution in [2.45, 2.75) is 33.4 Å². The van der Waals surface area contributed by atoms with E-state index in [9.17, 15) is 4.79 Å². The molecule has 0 radical (unpaired) electrons. The summed E-state index contributed by atoms with van der Waals surface area (Å²) in [6, 6.07) is 0.0753. The molecule has 4 nitrogen and oxygen atoms in total. The Morgan fingerprint density at radius 1 is 1.53 bits per heavy atom. The Bertz CT molecular complexity index is 379. The number of aryl methyl sites for hydroxylation is 2. The van der Waals surface area contributed by atoms with Crippen LogP contribution in [-0.2, 0) is 6.54 Å². The monoisotopic (exact) mass is 273 g/mol. The van der Waals surface area contributed by atoms with E-state index < -0.39 is 0 Å². The molecule has 0 saturated carbocycles. The zero-order chi connectivity index (χ0) is 12.8. The standard InChI is InChI=1S/C11H19N3OS2/c1-7(6-16-4)13-11(15)12-5-10-8(2)14-9(3)17-10/h7H,5-6H2,1-4H3,(H2,12,13,15)/t7-/m0/s1. The highest BCUT2D eigenvalue weighted by Gasteiger charge is 2.08. The van der Waals surface area contributed by atoms with Gasteiger partial charge in [0, 0.05) is 16.7 Å². The van der Waals surface area contributed by atoms with Gasteiger partial charge in [0.2, 0.25) is 0 Å². The first-order valence-electron chi connectivity index (χ1n) is 5.49. The number of hydrogen-bond donors (Lipinski definition) is 2. The highest BCUT2D eigenvalue weighted by Crippen LogP contribution is 2.16. The Morgan fingerprint density at radius 3 is 2.76 bits per heavy atom. The highest BCUT2D eigenvalue weighted by atomic mass is 32.2. The maximum absolute atomic E-state index is 11.6. The zero-order valence-electron chi connectivity index (χ0n) is 10.7. The number of rotatable bonds is 5. The van der Waals surface area contributed by atoms with E-state index in [-0.39, 0.29) is 12.1 Å². The summed E-state index contributed by atoms with van der Waals surface area (Å²) in [6.07, 6.45) is 2.03. The number of hydrogen-bond acceptors (Lipinski definition) is 4. The largest absolute Gasteiger partial charge is 0.335 e. The molecule has 0 aliphatic rings. The van der Waals surface area contributed by atoms with Gasteiger partial charge in [-0.1, -0.05) is 0 Å². The van der Waals surface area contributed by atoms with Gasteiger partial charge in [-0.15, -0.1) is 11.3 Å². The molecule has 0 spiro atoms. The predicted octanol–water partition coefficient (Wildman–Crippen LogP) is 2.31. The summed E-state index contributed by atoms with van der Waals surface area (Å²) in [5.74, 6) is 0.923. The summed E-state index contributed by atoms with van der Waals surface area (Å²) in [5, 5.41) is 6.78. The molecule has 0 saturated heterocycles. The van der Waals surface area contributed by atoms with E-state index in [1.54, 1.807) is 23.1 Å². The fourth-order valence-electron chi connectivity index (χ4n) is 1.46. The lowest BCUT2D eigenvalue weighted by molar-refractivity contribution is 0.238. The van der Waals surface area contributed by atoms with Gasteiger partial charge in [0.05, 0.1) is 17.2 Å². The number of thioether (sulfide) groups is 1. The third kappa shape index (κ3) is 4.95. The van der Waals surface area contributed by atoms with E-state index in [0.717, 1.165) is 21.3 Å². The van der Waals surface area contributed by atoms with E-state index in [1.165, 1.54) is 0 Å². The van der Waals surface area contributed by atoms with Crippen LogP contribution in [0.5, 0.6) is 0 Å². The van der Waals surface area contributed by atoms with E-state index in [1.807, 2.05) is 27.0 Å². The van der Waals surface area contributed by atoms with Gasteiger partial charge in [0.25, 0.3) is 0 Å². The minimum atomic E-state index is -0.114. The van der Waals surface area contributed by atoms with Crippen molar-refractivity contribution in [3.05, 3.63) is 15.6 Å². The smallest absolute Gasteiger partial charge is 0.315 e. The number of aromatic nitrogens is 1. The van der Waals surface area contributed by atoms with Crippen LogP contribution < -0.4 is 10.6 Å². The van der Waals surface area contributed by atoms with Crippen molar-refractivity contribution in [3.63, 3.8) is 0 Å². The Labute approximate surface area is 111 Å². The quantitative estimate of drug-likeness (QED) is 0.865. The van der Waals surface area contributed by atoms with Crippen LogP contribution in [0.2, 0.25) is 0 Å². The van der Waals surface area contributed by atoms with Gasteiger partial charge in [0.15, 0.2) is 0 Å². The minimum Gasteiger partial charge on any atom is -0.335 e. The molecule has 0 aliphatic heterocycles. The molecule has 96 valence electrons. The molecule has 6 heteroatoms. The molecule has 17 heavy (non-hydrogen) atoms. The summed E-state index contributed by atoms with van der Waals surface area (Å²) in [7, 11) is 0. The Kier molecular flexibility index (Phi) is 5.77. The minimum absolute atomic E-state index is 0.114. The molecule has 0 aromatic carbocycles. The van der Waals surface area contributed by atoms with Gasteiger partial charge in [-0.3, -0.25) is 0 Å². The molecule has 1 aromatic rings. The Morgan fingerprint density at radius 2 is 2.24 bits per heavy atom. The van der Waals surface area contributed by atoms with E-state index in [4.69, 9.17) is 0 Å². The van der Waals surface area contributed by atoms with E-state index in [0.29, 0.717) is 6.54 Å². The van der Waals surface area contributed by atoms with Crippen molar-refractivity contribution in [2.24, 2.45) is 0 Å². The third-order valence-electron chi connectivity index (χ3n) is 2.20. The molecule has 2 N–H and O–H groups in total. The summed E-state index contributed by atoms with van der Waals surface area (Å²) in [5.41, 5.74) is 1.00. The molecular weight excluding hydrogens is 254 g/mol. The first-order valence-corrected chi connectivity index (χ1v) is 7.70. The van der Waals surface area contributed by atoms with Crippen LogP contribution in [0.3, 0.4) is 0 Å². The summed E-state index contributed by atoms with van der Waals surface area (Å²) in [6.45, 7) is 6.49. The molecule has 1 heterocycles. The van der Waals surface area contributed by atoms with Crippen LogP contribution in [0.1, 0.15) is 22.5 Å². The first kappa shape index (κ1) is 14.3. The number of amides is 2. The van der Waals surface area contributed by atoms with Crippen molar-refractivity contribution in [1.82, 2.24) is 15.6 Å². The average molecular weight is 273 g/mol. The maximum Gasteiger partial charge on any atom is 0.315 e. The maximum atomic E-state index is 11.6. The van der Waals surface area contributed by atoms with E-state index >= 15 is 0 Å². The van der Waals surface area contributed by atoms with Crippen LogP contribution in [0.4, 0.5) is 4.79 Å². The van der Waals surface area contributed by atoms with Gasteiger partial charge >= 0.3 is 6.03 Å². The van der Waals surface area contributed by atoms with Crippen molar-refractivity contribution in [1.29, 1.82) is 0 Å². The van der Waals surface area contributed by atoms with Crippen molar-refractivity contribution >= 4 is 29.1 Å². The fourth-order valence-corrected chi connectivity index (χ4v) is 2.92. The van der Waals surface area contributed by atoms with Crippen molar-refractivity contribution in [2.75, 3.05) is 12.0 Å². The molecule has 2 amide bonds. The van der Waals surface area contributed by atoms with Gasteiger partial charge in [0.1, 0.15) is 0 Å². The Hall–Kier alpha value is -0.750. The van der Waals surface area contributed by atoms with Crippen LogP contribution >= 0.6 is 23.1 Å². The number of urea groups is 1. The predicted molar refractivity (Wildman–Crippen MR) is 74.8 cm³/mol. The third-order valence-corrected chi connectivity index (χ3v) is 4.11. The highest BCUT2D eigenvalue weighted by molar-refractivity contribution is 7.98. The van der Waals surface area contributed by atoms with Gasteiger partial charge in [-0.25, -0.2) is 9.78 Å². The number of carbonyl (C=O) groups excluding carboxylic acids is 1. The molecule has 1 atom stereocenters. The van der Waals surface area contributed by atoms with Crippen LogP contribution in [0, 0.1) is 13.8 Å². The number of carbonyl (C=O) groups is 1. The van der Waals surface area contributed by atoms with Crippen molar-refractivity contribution < 1.29 is 4.79 Å². The van der Waals surface area contributed by atoms with Crippen molar-refractivity contribution in [3.8, 4) is 0 Å². The topological polar surface area (TPSA) is 54.0 Å². The summed E-state index contributed by atoms with van der Waals surface area (Å²) < 4.78 is 0. The van der Waals surface area contributed by atoms with Crippen LogP contribution in [0.25, 0.3) is 0 Å².